The number of halogens is 1. The van der Waals surface area contributed by atoms with Gasteiger partial charge in [0, 0.05) is 12.7 Å². The Balaban J connectivity index is 2.32. The molecule has 0 aliphatic carbocycles. The number of benzene rings is 2. The summed E-state index contributed by atoms with van der Waals surface area (Å²) in [6.07, 6.45) is -0.358. The molecule has 94 valence electrons. The van der Waals surface area contributed by atoms with Gasteiger partial charge < -0.3 is 10.5 Å². The van der Waals surface area contributed by atoms with E-state index in [0.717, 1.165) is 5.56 Å². The Hall–Kier alpha value is -1.71. The smallest absolute Gasteiger partial charge is 0.128 e. The Morgan fingerprint density at radius 2 is 1.61 bits per heavy atom. The Morgan fingerprint density at radius 3 is 2.22 bits per heavy atom. The van der Waals surface area contributed by atoms with E-state index < -0.39 is 6.04 Å². The zero-order valence-corrected chi connectivity index (χ0v) is 10.2. The van der Waals surface area contributed by atoms with Gasteiger partial charge in [-0.3, -0.25) is 0 Å². The van der Waals surface area contributed by atoms with Crippen LogP contribution < -0.4 is 5.73 Å². The lowest BCUT2D eigenvalue weighted by Gasteiger charge is -2.23. The normalized spacial score (nSPS) is 14.2. The van der Waals surface area contributed by atoms with E-state index in [2.05, 4.69) is 0 Å². The van der Waals surface area contributed by atoms with Crippen LogP contribution in [0.3, 0.4) is 0 Å². The van der Waals surface area contributed by atoms with Crippen molar-refractivity contribution in [3.8, 4) is 0 Å². The molecule has 2 N–H and O–H groups in total. The van der Waals surface area contributed by atoms with Crippen LogP contribution in [0.15, 0.2) is 54.6 Å². The third-order valence-electron chi connectivity index (χ3n) is 2.97. The Morgan fingerprint density at radius 1 is 1.00 bits per heavy atom. The summed E-state index contributed by atoms with van der Waals surface area (Å²) in [4.78, 5) is 0. The molecule has 2 atom stereocenters. The van der Waals surface area contributed by atoms with Gasteiger partial charge >= 0.3 is 0 Å². The van der Waals surface area contributed by atoms with Gasteiger partial charge in [0.1, 0.15) is 11.9 Å². The van der Waals surface area contributed by atoms with Gasteiger partial charge in [-0.25, -0.2) is 4.39 Å². The Labute approximate surface area is 106 Å². The highest BCUT2D eigenvalue weighted by Gasteiger charge is 2.23. The predicted octanol–water partition coefficient (Wildman–Crippen LogP) is 3.21. The van der Waals surface area contributed by atoms with Crippen molar-refractivity contribution in [3.63, 3.8) is 0 Å². The molecule has 0 saturated heterocycles. The first kappa shape index (κ1) is 12.7. The van der Waals surface area contributed by atoms with Crippen LogP contribution in [-0.2, 0) is 4.74 Å². The minimum atomic E-state index is -0.529. The summed E-state index contributed by atoms with van der Waals surface area (Å²) in [5, 5.41) is 0. The van der Waals surface area contributed by atoms with Crippen LogP contribution in [0.25, 0.3) is 0 Å². The first-order valence-corrected chi connectivity index (χ1v) is 5.81. The molecular weight excluding hydrogens is 229 g/mol. The highest BCUT2D eigenvalue weighted by atomic mass is 19.1. The third-order valence-corrected chi connectivity index (χ3v) is 2.97. The summed E-state index contributed by atoms with van der Waals surface area (Å²) in [6.45, 7) is 0. The number of methoxy groups -OCH3 is 1. The van der Waals surface area contributed by atoms with Crippen LogP contribution in [0, 0.1) is 5.82 Å². The lowest BCUT2D eigenvalue weighted by atomic mass is 9.96. The van der Waals surface area contributed by atoms with Crippen molar-refractivity contribution in [1.29, 1.82) is 0 Å². The van der Waals surface area contributed by atoms with Gasteiger partial charge in [-0.1, -0.05) is 48.5 Å². The maximum atomic E-state index is 13.7. The van der Waals surface area contributed by atoms with Gasteiger partial charge in [0.25, 0.3) is 0 Å². The fourth-order valence-electron chi connectivity index (χ4n) is 2.04. The van der Waals surface area contributed by atoms with Crippen LogP contribution in [-0.4, -0.2) is 7.11 Å². The number of hydrogen-bond donors (Lipinski definition) is 1. The predicted molar refractivity (Wildman–Crippen MR) is 69.5 cm³/mol. The van der Waals surface area contributed by atoms with Crippen molar-refractivity contribution in [2.45, 2.75) is 12.1 Å². The second-order valence-electron chi connectivity index (χ2n) is 4.11. The summed E-state index contributed by atoms with van der Waals surface area (Å²) in [7, 11) is 1.58. The van der Waals surface area contributed by atoms with Crippen molar-refractivity contribution in [1.82, 2.24) is 0 Å². The lowest BCUT2D eigenvalue weighted by Crippen LogP contribution is -2.22. The standard InChI is InChI=1S/C15H16FNO/c1-18-15(11-7-3-2-4-8-11)14(17)12-9-5-6-10-13(12)16/h2-10,14-15H,17H2,1H3. The molecule has 2 aromatic rings. The molecular formula is C15H16FNO. The summed E-state index contributed by atoms with van der Waals surface area (Å²) in [5.74, 6) is -0.303. The molecule has 2 nitrogen and oxygen atoms in total. The summed E-state index contributed by atoms with van der Waals surface area (Å²) in [6, 6.07) is 15.6. The topological polar surface area (TPSA) is 35.2 Å². The quantitative estimate of drug-likeness (QED) is 0.897. The first-order valence-electron chi connectivity index (χ1n) is 5.81. The van der Waals surface area contributed by atoms with E-state index >= 15 is 0 Å². The van der Waals surface area contributed by atoms with E-state index in [-0.39, 0.29) is 11.9 Å². The molecule has 3 heteroatoms. The van der Waals surface area contributed by atoms with E-state index in [1.807, 2.05) is 30.3 Å². The minimum absolute atomic E-state index is 0.303. The monoisotopic (exact) mass is 245 g/mol. The largest absolute Gasteiger partial charge is 0.375 e. The number of ether oxygens (including phenoxy) is 1. The van der Waals surface area contributed by atoms with Crippen LogP contribution in [0.1, 0.15) is 23.3 Å². The lowest BCUT2D eigenvalue weighted by molar-refractivity contribution is 0.0791. The molecule has 18 heavy (non-hydrogen) atoms. The number of rotatable bonds is 4. The summed E-state index contributed by atoms with van der Waals surface area (Å²) in [5.41, 5.74) is 7.52. The van der Waals surface area contributed by atoms with E-state index in [0.29, 0.717) is 5.56 Å². The maximum absolute atomic E-state index is 13.7. The van der Waals surface area contributed by atoms with Crippen LogP contribution in [0.5, 0.6) is 0 Å². The molecule has 2 unspecified atom stereocenters. The molecule has 2 rings (SSSR count). The second kappa shape index (κ2) is 5.76. The fourth-order valence-corrected chi connectivity index (χ4v) is 2.04. The first-order chi connectivity index (χ1) is 8.74. The molecule has 0 amide bonds. The molecule has 0 fully saturated rings. The molecule has 0 aromatic heterocycles. The van der Waals surface area contributed by atoms with Crippen molar-refractivity contribution in [2.75, 3.05) is 7.11 Å². The van der Waals surface area contributed by atoms with Crippen LogP contribution in [0.2, 0.25) is 0 Å². The maximum Gasteiger partial charge on any atom is 0.128 e. The Bertz CT molecular complexity index is 501. The van der Waals surface area contributed by atoms with Crippen molar-refractivity contribution >= 4 is 0 Å². The molecule has 0 saturated carbocycles. The molecule has 0 aliphatic heterocycles. The average molecular weight is 245 g/mol. The SMILES string of the molecule is COC(c1ccccc1)C(N)c1ccccc1F. The number of hydrogen-bond acceptors (Lipinski definition) is 2. The van der Waals surface area contributed by atoms with Crippen molar-refractivity contribution in [2.24, 2.45) is 5.73 Å². The molecule has 0 radical (unpaired) electrons. The molecule has 0 heterocycles. The third kappa shape index (κ3) is 2.58. The minimum Gasteiger partial charge on any atom is -0.375 e. The fraction of sp³-hybridized carbons (Fsp3) is 0.200. The highest BCUT2D eigenvalue weighted by molar-refractivity contribution is 5.27. The van der Waals surface area contributed by atoms with Gasteiger partial charge in [0.15, 0.2) is 0 Å². The van der Waals surface area contributed by atoms with E-state index in [1.165, 1.54) is 6.07 Å². The van der Waals surface area contributed by atoms with Gasteiger partial charge in [-0.2, -0.15) is 0 Å². The van der Waals surface area contributed by atoms with Crippen molar-refractivity contribution < 1.29 is 9.13 Å². The summed E-state index contributed by atoms with van der Waals surface area (Å²) < 4.78 is 19.1. The highest BCUT2D eigenvalue weighted by Crippen LogP contribution is 2.30. The van der Waals surface area contributed by atoms with Gasteiger partial charge in [0.2, 0.25) is 0 Å². The van der Waals surface area contributed by atoms with E-state index in [4.69, 9.17) is 10.5 Å². The zero-order valence-electron chi connectivity index (χ0n) is 10.2. The molecule has 0 spiro atoms. The molecule has 2 aromatic carbocycles. The van der Waals surface area contributed by atoms with Gasteiger partial charge in [-0.05, 0) is 11.6 Å². The Kier molecular flexibility index (Phi) is 4.07. The number of nitrogens with two attached hydrogens (primary N) is 1. The van der Waals surface area contributed by atoms with Gasteiger partial charge in [-0.15, -0.1) is 0 Å². The zero-order chi connectivity index (χ0) is 13.0. The second-order valence-corrected chi connectivity index (χ2v) is 4.11. The summed E-state index contributed by atoms with van der Waals surface area (Å²) >= 11 is 0. The van der Waals surface area contributed by atoms with Crippen LogP contribution in [0.4, 0.5) is 4.39 Å². The molecule has 0 aliphatic rings. The molecule has 0 bridgehead atoms. The van der Waals surface area contributed by atoms with Crippen molar-refractivity contribution in [3.05, 3.63) is 71.5 Å². The average Bonchev–Trinajstić information content (AvgIpc) is 2.41. The van der Waals surface area contributed by atoms with E-state index in [1.54, 1.807) is 25.3 Å². The van der Waals surface area contributed by atoms with Gasteiger partial charge in [0.05, 0.1) is 6.04 Å². The van der Waals surface area contributed by atoms with E-state index in [9.17, 15) is 4.39 Å². The van der Waals surface area contributed by atoms with Crippen LogP contribution >= 0.6 is 0 Å².